The van der Waals surface area contributed by atoms with Crippen LogP contribution in [0.1, 0.15) is 6.42 Å². The molecular formula is C13H13ClN4O2S. The van der Waals surface area contributed by atoms with Crippen LogP contribution >= 0.6 is 23.4 Å². The maximum atomic E-state index is 10.7. The second-order valence-electron chi connectivity index (χ2n) is 4.69. The Bertz CT molecular complexity index is 659. The van der Waals surface area contributed by atoms with E-state index in [1.807, 2.05) is 28.8 Å². The Morgan fingerprint density at radius 3 is 2.81 bits per heavy atom. The van der Waals surface area contributed by atoms with Crippen LogP contribution in [-0.4, -0.2) is 43.2 Å². The normalized spacial score (nSPS) is 14.9. The lowest BCUT2D eigenvalue weighted by molar-refractivity contribution is -0.137. The molecule has 3 rings (SSSR count). The van der Waals surface area contributed by atoms with Gasteiger partial charge in [-0.3, -0.25) is 14.3 Å². The maximum Gasteiger partial charge on any atom is 0.304 e. The molecular weight excluding hydrogens is 312 g/mol. The number of halogens is 1. The number of thioether (sulfide) groups is 1. The van der Waals surface area contributed by atoms with Crippen molar-refractivity contribution < 1.29 is 9.90 Å². The minimum absolute atomic E-state index is 0.133. The molecule has 0 saturated carbocycles. The van der Waals surface area contributed by atoms with Crippen LogP contribution in [0.4, 0.5) is 0 Å². The van der Waals surface area contributed by atoms with Crippen LogP contribution in [0.5, 0.6) is 0 Å². The van der Waals surface area contributed by atoms with Crippen molar-refractivity contribution in [1.29, 1.82) is 0 Å². The van der Waals surface area contributed by atoms with Crippen LogP contribution in [0.3, 0.4) is 0 Å². The average Bonchev–Trinajstić information content (AvgIpc) is 2.89. The van der Waals surface area contributed by atoms with E-state index in [-0.39, 0.29) is 6.42 Å². The predicted molar refractivity (Wildman–Crippen MR) is 80.2 cm³/mol. The lowest BCUT2D eigenvalue weighted by Gasteiger charge is -2.27. The van der Waals surface area contributed by atoms with Crippen molar-refractivity contribution >= 4 is 29.3 Å². The fraction of sp³-hybridized carbons (Fsp3) is 0.308. The highest BCUT2D eigenvalue weighted by Gasteiger charge is 2.22. The Labute approximate surface area is 130 Å². The molecule has 0 atom stereocenters. The number of aliphatic carboxylic acids is 1. The molecule has 0 radical (unpaired) electrons. The number of hydrogen-bond acceptors (Lipinski definition) is 5. The Morgan fingerprint density at radius 1 is 1.33 bits per heavy atom. The molecule has 8 heteroatoms. The van der Waals surface area contributed by atoms with Gasteiger partial charge in [0.1, 0.15) is 0 Å². The van der Waals surface area contributed by atoms with Gasteiger partial charge in [-0.1, -0.05) is 23.4 Å². The highest BCUT2D eigenvalue weighted by Crippen LogP contribution is 2.29. The molecule has 1 aliphatic heterocycles. The molecule has 0 amide bonds. The second kappa shape index (κ2) is 6.05. The van der Waals surface area contributed by atoms with Gasteiger partial charge in [-0.2, -0.15) is 0 Å². The molecule has 1 aromatic carbocycles. The standard InChI is InChI=1S/C13H13ClN4O2S/c14-10-3-1-9(2-4-10)12-15-16-13-18(12)7-17(8-21-13)6-5-11(19)20/h1-4H,5-8H2,(H,19,20). The van der Waals surface area contributed by atoms with Gasteiger partial charge >= 0.3 is 5.97 Å². The van der Waals surface area contributed by atoms with E-state index in [0.717, 1.165) is 22.4 Å². The van der Waals surface area contributed by atoms with Crippen molar-refractivity contribution in [3.05, 3.63) is 29.3 Å². The van der Waals surface area contributed by atoms with Crippen molar-refractivity contribution in [3.63, 3.8) is 0 Å². The van der Waals surface area contributed by atoms with Crippen molar-refractivity contribution in [2.45, 2.75) is 18.2 Å². The molecule has 2 heterocycles. The topological polar surface area (TPSA) is 71.2 Å². The van der Waals surface area contributed by atoms with Gasteiger partial charge in [0.2, 0.25) is 0 Å². The van der Waals surface area contributed by atoms with Gasteiger partial charge in [0.05, 0.1) is 19.0 Å². The summed E-state index contributed by atoms with van der Waals surface area (Å²) in [5.41, 5.74) is 0.943. The molecule has 110 valence electrons. The molecule has 1 N–H and O–H groups in total. The van der Waals surface area contributed by atoms with Gasteiger partial charge in [0.25, 0.3) is 0 Å². The molecule has 0 spiro atoms. The molecule has 0 bridgehead atoms. The summed E-state index contributed by atoms with van der Waals surface area (Å²) >= 11 is 7.46. The average molecular weight is 325 g/mol. The van der Waals surface area contributed by atoms with Crippen LogP contribution in [-0.2, 0) is 11.5 Å². The fourth-order valence-corrected chi connectivity index (χ4v) is 3.15. The first-order chi connectivity index (χ1) is 10.1. The maximum absolute atomic E-state index is 10.7. The smallest absolute Gasteiger partial charge is 0.304 e. The SMILES string of the molecule is O=C(O)CCN1CSc2nnc(-c3ccc(Cl)cc3)n2C1. The number of fused-ring (bicyclic) bond motifs is 1. The number of nitrogens with zero attached hydrogens (tertiary/aromatic N) is 4. The largest absolute Gasteiger partial charge is 0.481 e. The number of hydrogen-bond donors (Lipinski definition) is 1. The van der Waals surface area contributed by atoms with Crippen molar-refractivity contribution in [2.24, 2.45) is 0 Å². The number of aromatic nitrogens is 3. The lowest BCUT2D eigenvalue weighted by atomic mass is 10.2. The van der Waals surface area contributed by atoms with Crippen LogP contribution in [0.2, 0.25) is 5.02 Å². The first kappa shape index (κ1) is 14.4. The van der Waals surface area contributed by atoms with Gasteiger partial charge in [0, 0.05) is 17.1 Å². The highest BCUT2D eigenvalue weighted by atomic mass is 35.5. The number of benzene rings is 1. The fourth-order valence-electron chi connectivity index (χ4n) is 2.11. The zero-order valence-electron chi connectivity index (χ0n) is 11.1. The summed E-state index contributed by atoms with van der Waals surface area (Å²) in [6, 6.07) is 7.44. The van der Waals surface area contributed by atoms with E-state index in [1.54, 1.807) is 11.8 Å². The molecule has 1 aliphatic rings. The summed E-state index contributed by atoms with van der Waals surface area (Å²) < 4.78 is 2.00. The molecule has 1 aromatic heterocycles. The summed E-state index contributed by atoms with van der Waals surface area (Å²) in [6.45, 7) is 1.11. The zero-order valence-corrected chi connectivity index (χ0v) is 12.6. The van der Waals surface area contributed by atoms with E-state index in [1.165, 1.54) is 0 Å². The molecule has 6 nitrogen and oxygen atoms in total. The van der Waals surface area contributed by atoms with Gasteiger partial charge in [0.15, 0.2) is 11.0 Å². The molecule has 21 heavy (non-hydrogen) atoms. The Balaban J connectivity index is 1.82. The quantitative estimate of drug-likeness (QED) is 0.931. The van der Waals surface area contributed by atoms with Crippen molar-refractivity contribution in [1.82, 2.24) is 19.7 Å². The first-order valence-corrected chi connectivity index (χ1v) is 7.76. The summed E-state index contributed by atoms with van der Waals surface area (Å²) in [5.74, 6) is 0.716. The monoisotopic (exact) mass is 324 g/mol. The lowest BCUT2D eigenvalue weighted by Crippen LogP contribution is -2.32. The van der Waals surface area contributed by atoms with E-state index in [0.29, 0.717) is 18.2 Å². The van der Waals surface area contributed by atoms with E-state index in [2.05, 4.69) is 15.1 Å². The summed E-state index contributed by atoms with van der Waals surface area (Å²) in [4.78, 5) is 12.7. The van der Waals surface area contributed by atoms with E-state index >= 15 is 0 Å². The Kier molecular flexibility index (Phi) is 4.14. The van der Waals surface area contributed by atoms with Crippen molar-refractivity contribution in [2.75, 3.05) is 12.4 Å². The van der Waals surface area contributed by atoms with Crippen LogP contribution < -0.4 is 0 Å². The number of rotatable bonds is 4. The predicted octanol–water partition coefficient (Wildman–Crippen LogP) is 2.40. The van der Waals surface area contributed by atoms with E-state index in [9.17, 15) is 4.79 Å². The minimum atomic E-state index is -0.785. The Morgan fingerprint density at radius 2 is 2.10 bits per heavy atom. The first-order valence-electron chi connectivity index (χ1n) is 6.39. The Hall–Kier alpha value is -1.57. The minimum Gasteiger partial charge on any atom is -0.481 e. The number of carboxylic acid groups (broad SMARTS) is 1. The third-order valence-electron chi connectivity index (χ3n) is 3.18. The number of carboxylic acids is 1. The highest BCUT2D eigenvalue weighted by molar-refractivity contribution is 7.99. The third kappa shape index (κ3) is 3.20. The third-order valence-corrected chi connectivity index (χ3v) is 4.49. The number of carbonyl (C=O) groups is 1. The second-order valence-corrected chi connectivity index (χ2v) is 6.04. The van der Waals surface area contributed by atoms with Crippen LogP contribution in [0.25, 0.3) is 11.4 Å². The summed E-state index contributed by atoms with van der Waals surface area (Å²) in [6.07, 6.45) is 0.133. The summed E-state index contributed by atoms with van der Waals surface area (Å²) in [7, 11) is 0. The molecule has 0 saturated heterocycles. The zero-order chi connectivity index (χ0) is 14.8. The molecule has 0 fully saturated rings. The molecule has 0 unspecified atom stereocenters. The van der Waals surface area contributed by atoms with Crippen LogP contribution in [0, 0.1) is 0 Å². The van der Waals surface area contributed by atoms with Gasteiger partial charge < -0.3 is 5.11 Å². The van der Waals surface area contributed by atoms with E-state index in [4.69, 9.17) is 16.7 Å². The molecule has 0 aliphatic carbocycles. The van der Waals surface area contributed by atoms with Gasteiger partial charge in [-0.25, -0.2) is 0 Å². The molecule has 2 aromatic rings. The van der Waals surface area contributed by atoms with Crippen molar-refractivity contribution in [3.8, 4) is 11.4 Å². The van der Waals surface area contributed by atoms with Gasteiger partial charge in [-0.05, 0) is 24.3 Å². The summed E-state index contributed by atoms with van der Waals surface area (Å²) in [5, 5.41) is 18.7. The van der Waals surface area contributed by atoms with Gasteiger partial charge in [-0.15, -0.1) is 10.2 Å². The van der Waals surface area contributed by atoms with Crippen LogP contribution in [0.15, 0.2) is 29.4 Å². The van der Waals surface area contributed by atoms with E-state index < -0.39 is 5.97 Å².